The van der Waals surface area contributed by atoms with Crippen LogP contribution in [0.2, 0.25) is 0 Å². The predicted octanol–water partition coefficient (Wildman–Crippen LogP) is 4.87. The summed E-state index contributed by atoms with van der Waals surface area (Å²) >= 11 is 0. The molecule has 0 saturated heterocycles. The number of benzene rings is 3. The Balaban J connectivity index is 1.02. The predicted molar refractivity (Wildman–Crippen MR) is 152 cm³/mol. The molecule has 3 N–H and O–H groups in total. The lowest BCUT2D eigenvalue weighted by atomic mass is 9.98. The Morgan fingerprint density at radius 2 is 1.56 bits per heavy atom. The molecule has 0 aliphatic heterocycles. The minimum Gasteiger partial charge on any atom is -0.480 e. The lowest BCUT2D eigenvalue weighted by Crippen LogP contribution is -2.51. The minimum absolute atomic E-state index is 0.0266. The molecule has 0 bridgehead atoms. The Kier molecular flexibility index (Phi) is 7.26. The molecule has 6 rings (SSSR count). The average molecular weight is 555 g/mol. The van der Waals surface area contributed by atoms with Crippen molar-refractivity contribution in [2.45, 2.75) is 56.9 Å². The molecule has 5 atom stereocenters. The van der Waals surface area contributed by atoms with E-state index in [9.17, 15) is 19.5 Å². The van der Waals surface area contributed by atoms with Crippen LogP contribution in [0.3, 0.4) is 0 Å². The van der Waals surface area contributed by atoms with Crippen LogP contribution in [0.15, 0.2) is 78.9 Å². The number of carboxylic acids is 1. The number of rotatable bonds is 10. The first-order valence-electron chi connectivity index (χ1n) is 14.2. The number of carbonyl (C=O) groups excluding carboxylic acids is 2. The van der Waals surface area contributed by atoms with E-state index in [2.05, 4.69) is 34.9 Å². The molecule has 212 valence electrons. The quantitative estimate of drug-likeness (QED) is 0.330. The monoisotopic (exact) mass is 554 g/mol. The highest BCUT2D eigenvalue weighted by atomic mass is 16.5. The number of hydrogen-bond donors (Lipinski definition) is 3. The second-order valence-electron chi connectivity index (χ2n) is 11.5. The number of alkyl carbamates (subject to hydrolysis) is 1. The summed E-state index contributed by atoms with van der Waals surface area (Å²) in [7, 11) is 0. The zero-order valence-corrected chi connectivity index (χ0v) is 22.9. The van der Waals surface area contributed by atoms with Crippen LogP contribution < -0.4 is 10.6 Å². The number of amides is 2. The molecule has 0 radical (unpaired) electrons. The number of ether oxygens (including phenoxy) is 2. The van der Waals surface area contributed by atoms with Crippen LogP contribution in [0, 0.1) is 11.3 Å². The molecule has 2 amide bonds. The van der Waals surface area contributed by atoms with Gasteiger partial charge in [-0.1, -0.05) is 78.9 Å². The van der Waals surface area contributed by atoms with Crippen molar-refractivity contribution in [3.63, 3.8) is 0 Å². The molecule has 3 aromatic rings. The van der Waals surface area contributed by atoms with Gasteiger partial charge in [-0.05, 0) is 59.9 Å². The summed E-state index contributed by atoms with van der Waals surface area (Å²) in [4.78, 5) is 38.1. The van der Waals surface area contributed by atoms with Gasteiger partial charge in [0.2, 0.25) is 5.91 Å². The summed E-state index contributed by atoms with van der Waals surface area (Å²) in [5, 5.41) is 15.5. The molecule has 0 spiro atoms. The van der Waals surface area contributed by atoms with Crippen LogP contribution in [0.5, 0.6) is 0 Å². The van der Waals surface area contributed by atoms with Gasteiger partial charge in [0.1, 0.15) is 6.61 Å². The molecule has 3 aromatic carbocycles. The van der Waals surface area contributed by atoms with Gasteiger partial charge in [0, 0.05) is 12.0 Å². The van der Waals surface area contributed by atoms with E-state index in [1.807, 2.05) is 54.6 Å². The van der Waals surface area contributed by atoms with E-state index in [0.29, 0.717) is 19.3 Å². The fraction of sp³-hybridized carbons (Fsp3) is 0.364. The maximum atomic E-state index is 13.3. The Hall–Kier alpha value is -4.17. The van der Waals surface area contributed by atoms with Crippen LogP contribution in [0.1, 0.15) is 48.8 Å². The van der Waals surface area contributed by atoms with E-state index in [1.165, 1.54) is 11.1 Å². The lowest BCUT2D eigenvalue weighted by Gasteiger charge is -2.25. The van der Waals surface area contributed by atoms with Crippen molar-refractivity contribution in [2.75, 3.05) is 6.61 Å². The highest BCUT2D eigenvalue weighted by Gasteiger charge is 2.65. The average Bonchev–Trinajstić information content (AvgIpc) is 3.41. The van der Waals surface area contributed by atoms with Crippen molar-refractivity contribution in [1.82, 2.24) is 10.6 Å². The van der Waals surface area contributed by atoms with Gasteiger partial charge in [0.15, 0.2) is 6.04 Å². The summed E-state index contributed by atoms with van der Waals surface area (Å²) in [5.74, 6) is -1.35. The van der Waals surface area contributed by atoms with Crippen molar-refractivity contribution >= 4 is 18.0 Å². The zero-order chi connectivity index (χ0) is 28.6. The first-order valence-corrected chi connectivity index (χ1v) is 14.2. The van der Waals surface area contributed by atoms with Gasteiger partial charge in [-0.2, -0.15) is 0 Å². The molecule has 41 heavy (non-hydrogen) atoms. The van der Waals surface area contributed by atoms with Gasteiger partial charge in [0.05, 0.1) is 18.1 Å². The van der Waals surface area contributed by atoms with Crippen LogP contribution in [0.4, 0.5) is 4.79 Å². The van der Waals surface area contributed by atoms with Crippen LogP contribution in [-0.2, 0) is 25.7 Å². The number of aliphatic carboxylic acids is 1. The molecule has 8 heteroatoms. The molecule has 2 saturated carbocycles. The smallest absolute Gasteiger partial charge is 0.407 e. The molecule has 0 unspecified atom stereocenters. The fourth-order valence-corrected chi connectivity index (χ4v) is 6.66. The fourth-order valence-electron chi connectivity index (χ4n) is 6.66. The van der Waals surface area contributed by atoms with E-state index in [-0.39, 0.29) is 37.0 Å². The van der Waals surface area contributed by atoms with Gasteiger partial charge in [-0.25, -0.2) is 9.59 Å². The van der Waals surface area contributed by atoms with E-state index in [4.69, 9.17) is 9.47 Å². The van der Waals surface area contributed by atoms with Gasteiger partial charge in [0.25, 0.3) is 0 Å². The summed E-state index contributed by atoms with van der Waals surface area (Å²) in [6, 6.07) is 24.5. The van der Waals surface area contributed by atoms with Crippen molar-refractivity contribution in [3.8, 4) is 11.1 Å². The first kappa shape index (κ1) is 27.0. The van der Waals surface area contributed by atoms with Crippen LogP contribution in [-0.4, -0.2) is 47.9 Å². The highest BCUT2D eigenvalue weighted by Crippen LogP contribution is 2.63. The molecule has 0 heterocycles. The zero-order valence-electron chi connectivity index (χ0n) is 22.9. The van der Waals surface area contributed by atoms with E-state index in [0.717, 1.165) is 16.7 Å². The van der Waals surface area contributed by atoms with Crippen LogP contribution >= 0.6 is 0 Å². The number of carbonyl (C=O) groups is 3. The third-order valence-corrected chi connectivity index (χ3v) is 8.91. The number of fused-ring (bicyclic) bond motifs is 4. The van der Waals surface area contributed by atoms with Gasteiger partial charge in [-0.3, -0.25) is 4.79 Å². The summed E-state index contributed by atoms with van der Waals surface area (Å²) in [5.41, 5.74) is 4.89. The van der Waals surface area contributed by atoms with Gasteiger partial charge < -0.3 is 25.2 Å². The van der Waals surface area contributed by atoms with Crippen LogP contribution in [0.25, 0.3) is 11.1 Å². The third kappa shape index (κ3) is 5.32. The molecule has 8 nitrogen and oxygen atoms in total. The van der Waals surface area contributed by atoms with Crippen molar-refractivity contribution in [3.05, 3.63) is 95.6 Å². The standard InChI is InChI=1S/C33H34N2O6/c1-20(40-18-21-9-3-2-4-10-21)29(30(36)37)35-31(38)33-16-22(33)15-23(17-33)34-32(39)41-19-28-26-13-7-5-11-24(26)25-12-6-8-14-27(25)28/h2-14,20,22-23,28-29H,15-19H2,1H3,(H,34,39)(H,35,38)(H,36,37)/t20-,22-,23+,29+,33+/m0/s1. The molecular formula is C33H34N2O6. The minimum atomic E-state index is -1.17. The Bertz CT molecular complexity index is 1410. The second-order valence-corrected chi connectivity index (χ2v) is 11.5. The Morgan fingerprint density at radius 1 is 0.927 bits per heavy atom. The highest BCUT2D eigenvalue weighted by molar-refractivity contribution is 5.90. The first-order chi connectivity index (χ1) is 19.9. The summed E-state index contributed by atoms with van der Waals surface area (Å²) in [6.45, 7) is 2.13. The number of carboxylic acid groups (broad SMARTS) is 1. The SMILES string of the molecule is C[C@H](OCc1ccccc1)[C@@H](NC(=O)[C@]12C[C@H](NC(=O)OCC3c4ccccc4-c4ccccc43)C[C@H]1C2)C(=O)O. The molecule has 3 aliphatic carbocycles. The van der Waals surface area contributed by atoms with E-state index in [1.54, 1.807) is 6.92 Å². The maximum Gasteiger partial charge on any atom is 0.407 e. The van der Waals surface area contributed by atoms with Crippen molar-refractivity contribution in [2.24, 2.45) is 11.3 Å². The molecule has 0 aromatic heterocycles. The van der Waals surface area contributed by atoms with Gasteiger partial charge in [-0.15, -0.1) is 0 Å². The maximum absolute atomic E-state index is 13.3. The lowest BCUT2D eigenvalue weighted by molar-refractivity contribution is -0.147. The topological polar surface area (TPSA) is 114 Å². The Labute approximate surface area is 239 Å². The van der Waals surface area contributed by atoms with Crippen molar-refractivity contribution < 1.29 is 29.0 Å². The summed E-state index contributed by atoms with van der Waals surface area (Å²) < 4.78 is 11.5. The molecule has 2 fully saturated rings. The van der Waals surface area contributed by atoms with E-state index < -0.39 is 29.6 Å². The Morgan fingerprint density at radius 3 is 2.22 bits per heavy atom. The molecule has 3 aliphatic rings. The summed E-state index contributed by atoms with van der Waals surface area (Å²) in [6.07, 6.45) is 0.587. The normalized spacial score (nSPS) is 23.4. The van der Waals surface area contributed by atoms with Crippen molar-refractivity contribution in [1.29, 1.82) is 0 Å². The third-order valence-electron chi connectivity index (χ3n) is 8.91. The number of hydrogen-bond acceptors (Lipinski definition) is 5. The largest absolute Gasteiger partial charge is 0.480 e. The number of nitrogens with one attached hydrogen (secondary N) is 2. The van der Waals surface area contributed by atoms with Gasteiger partial charge >= 0.3 is 12.1 Å². The molecular weight excluding hydrogens is 520 g/mol. The second kappa shape index (κ2) is 11.0. The van der Waals surface area contributed by atoms with E-state index >= 15 is 0 Å².